The van der Waals surface area contributed by atoms with Crippen molar-refractivity contribution in [2.45, 2.75) is 52.1 Å². The van der Waals surface area contributed by atoms with Gasteiger partial charge in [-0.2, -0.15) is 0 Å². The number of hydrogen-bond donors (Lipinski definition) is 0. The van der Waals surface area contributed by atoms with Crippen molar-refractivity contribution in [3.63, 3.8) is 0 Å². The molecule has 1 radical (unpaired) electrons. The first-order chi connectivity index (χ1) is 7.49. The van der Waals surface area contributed by atoms with Crippen LogP contribution in [0.1, 0.15) is 46.1 Å². The Kier molecular flexibility index (Phi) is 4.40. The van der Waals surface area contributed by atoms with Crippen LogP contribution in [-0.2, 0) is 5.41 Å². The van der Waals surface area contributed by atoms with Gasteiger partial charge in [0.25, 0.3) is 0 Å². The van der Waals surface area contributed by atoms with Crippen molar-refractivity contribution in [3.8, 4) is 5.75 Å². The molecule has 0 aromatic heterocycles. The number of benzene rings is 1. The molecule has 0 spiro atoms. The van der Waals surface area contributed by atoms with Crippen LogP contribution in [0.25, 0.3) is 0 Å². The Morgan fingerprint density at radius 3 is 2.19 bits per heavy atom. The second kappa shape index (κ2) is 5.38. The largest absolute Gasteiger partial charge is 0.490 e. The lowest BCUT2D eigenvalue weighted by Crippen LogP contribution is -2.15. The van der Waals surface area contributed by atoms with Crippen LogP contribution in [-0.4, -0.2) is 6.10 Å². The SMILES string of the molecule is [CH2]C(CC)Oc1ccc(C(C)(C)CC)cc1. The Morgan fingerprint density at radius 1 is 1.19 bits per heavy atom. The van der Waals surface area contributed by atoms with Crippen molar-refractivity contribution >= 4 is 0 Å². The average molecular weight is 219 g/mol. The van der Waals surface area contributed by atoms with E-state index >= 15 is 0 Å². The fourth-order valence-corrected chi connectivity index (χ4v) is 1.46. The Balaban J connectivity index is 2.75. The summed E-state index contributed by atoms with van der Waals surface area (Å²) in [7, 11) is 0. The quantitative estimate of drug-likeness (QED) is 0.714. The van der Waals surface area contributed by atoms with Crippen LogP contribution in [0.5, 0.6) is 5.75 Å². The first-order valence-electron chi connectivity index (χ1n) is 6.10. The van der Waals surface area contributed by atoms with Gasteiger partial charge in [0.15, 0.2) is 0 Å². The molecule has 0 amide bonds. The van der Waals surface area contributed by atoms with Gasteiger partial charge in [-0.25, -0.2) is 0 Å². The molecule has 1 aromatic rings. The van der Waals surface area contributed by atoms with Gasteiger partial charge in [-0.15, -0.1) is 0 Å². The van der Waals surface area contributed by atoms with Crippen LogP contribution >= 0.6 is 0 Å². The van der Waals surface area contributed by atoms with E-state index in [9.17, 15) is 0 Å². The van der Waals surface area contributed by atoms with E-state index in [-0.39, 0.29) is 11.5 Å². The monoisotopic (exact) mass is 219 g/mol. The van der Waals surface area contributed by atoms with Crippen molar-refractivity contribution in [1.82, 2.24) is 0 Å². The zero-order valence-corrected chi connectivity index (χ0v) is 10.9. The molecule has 1 heteroatoms. The second-order valence-electron chi connectivity index (χ2n) is 4.91. The molecule has 0 N–H and O–H groups in total. The molecule has 0 heterocycles. The van der Waals surface area contributed by atoms with Gasteiger partial charge in [0.05, 0.1) is 6.10 Å². The molecule has 0 saturated carbocycles. The first kappa shape index (κ1) is 13.1. The minimum absolute atomic E-state index is 0.0463. The summed E-state index contributed by atoms with van der Waals surface area (Å²) in [5.74, 6) is 0.914. The summed E-state index contributed by atoms with van der Waals surface area (Å²) in [6, 6.07) is 8.39. The molecule has 0 fully saturated rings. The molecular weight excluding hydrogens is 196 g/mol. The molecule has 0 aliphatic heterocycles. The molecular formula is C15H23O. The van der Waals surface area contributed by atoms with Gasteiger partial charge in [-0.05, 0) is 42.9 Å². The normalized spacial score (nSPS) is 13.6. The van der Waals surface area contributed by atoms with Crippen molar-refractivity contribution in [2.24, 2.45) is 0 Å². The van der Waals surface area contributed by atoms with Crippen LogP contribution in [0.2, 0.25) is 0 Å². The lowest BCUT2D eigenvalue weighted by Gasteiger charge is -2.23. The standard InChI is InChI=1S/C15H23O/c1-6-12(3)16-14-10-8-13(9-11-14)15(4,5)7-2/h8-12H,3,6-7H2,1-2,4-5H3. The fraction of sp³-hybridized carbons (Fsp3) is 0.533. The molecule has 0 saturated heterocycles. The summed E-state index contributed by atoms with van der Waals surface area (Å²) < 4.78 is 5.65. The van der Waals surface area contributed by atoms with Gasteiger partial charge in [-0.1, -0.05) is 39.8 Å². The van der Waals surface area contributed by atoms with E-state index in [1.807, 2.05) is 12.1 Å². The van der Waals surface area contributed by atoms with E-state index < -0.39 is 0 Å². The minimum atomic E-state index is 0.0463. The molecule has 0 aliphatic rings. The molecule has 1 atom stereocenters. The third kappa shape index (κ3) is 3.26. The van der Waals surface area contributed by atoms with Crippen LogP contribution in [0.15, 0.2) is 24.3 Å². The third-order valence-electron chi connectivity index (χ3n) is 3.28. The van der Waals surface area contributed by atoms with Crippen LogP contribution in [0.4, 0.5) is 0 Å². The Bertz CT molecular complexity index is 311. The highest BCUT2D eigenvalue weighted by atomic mass is 16.5. The highest BCUT2D eigenvalue weighted by Gasteiger charge is 2.17. The topological polar surface area (TPSA) is 9.23 Å². The Labute approximate surface area is 99.8 Å². The zero-order valence-electron chi connectivity index (χ0n) is 10.9. The highest BCUT2D eigenvalue weighted by molar-refractivity contribution is 5.31. The van der Waals surface area contributed by atoms with E-state index in [4.69, 9.17) is 4.74 Å². The van der Waals surface area contributed by atoms with Gasteiger partial charge >= 0.3 is 0 Å². The zero-order chi connectivity index (χ0) is 12.2. The van der Waals surface area contributed by atoms with Gasteiger partial charge in [0.2, 0.25) is 0 Å². The van der Waals surface area contributed by atoms with E-state index in [1.54, 1.807) is 0 Å². The van der Waals surface area contributed by atoms with Crippen LogP contribution in [0, 0.1) is 6.92 Å². The Morgan fingerprint density at radius 2 is 1.75 bits per heavy atom. The van der Waals surface area contributed by atoms with Gasteiger partial charge in [-0.3, -0.25) is 0 Å². The smallest absolute Gasteiger partial charge is 0.119 e. The average Bonchev–Trinajstić information content (AvgIpc) is 2.29. The van der Waals surface area contributed by atoms with Gasteiger partial charge < -0.3 is 4.74 Å². The van der Waals surface area contributed by atoms with E-state index in [0.717, 1.165) is 18.6 Å². The summed E-state index contributed by atoms with van der Waals surface area (Å²) in [6.07, 6.45) is 2.12. The van der Waals surface area contributed by atoms with E-state index in [2.05, 4.69) is 46.8 Å². The molecule has 16 heavy (non-hydrogen) atoms. The Hall–Kier alpha value is -0.980. The van der Waals surface area contributed by atoms with E-state index in [1.165, 1.54) is 5.56 Å². The fourth-order valence-electron chi connectivity index (χ4n) is 1.46. The maximum absolute atomic E-state index is 5.65. The molecule has 0 bridgehead atoms. The van der Waals surface area contributed by atoms with Crippen LogP contribution in [0.3, 0.4) is 0 Å². The molecule has 0 aliphatic carbocycles. The molecule has 1 nitrogen and oxygen atoms in total. The number of rotatable bonds is 5. The predicted molar refractivity (Wildman–Crippen MR) is 69.8 cm³/mol. The third-order valence-corrected chi connectivity index (χ3v) is 3.28. The number of ether oxygens (including phenoxy) is 1. The van der Waals surface area contributed by atoms with Crippen molar-refractivity contribution in [3.05, 3.63) is 36.8 Å². The van der Waals surface area contributed by atoms with Crippen molar-refractivity contribution in [2.75, 3.05) is 0 Å². The summed E-state index contributed by atoms with van der Waals surface area (Å²) in [6.45, 7) is 12.7. The minimum Gasteiger partial charge on any atom is -0.490 e. The van der Waals surface area contributed by atoms with Crippen LogP contribution < -0.4 is 4.74 Å². The molecule has 1 unspecified atom stereocenters. The van der Waals surface area contributed by atoms with Gasteiger partial charge in [0, 0.05) is 0 Å². The number of hydrogen-bond acceptors (Lipinski definition) is 1. The predicted octanol–water partition coefficient (Wildman–Crippen LogP) is 4.37. The highest BCUT2D eigenvalue weighted by Crippen LogP contribution is 2.28. The maximum atomic E-state index is 5.65. The van der Waals surface area contributed by atoms with Gasteiger partial charge in [0.1, 0.15) is 5.75 Å². The van der Waals surface area contributed by atoms with Crippen molar-refractivity contribution < 1.29 is 4.74 Å². The van der Waals surface area contributed by atoms with Crippen molar-refractivity contribution in [1.29, 1.82) is 0 Å². The summed E-state index contributed by atoms with van der Waals surface area (Å²) in [5, 5.41) is 0. The second-order valence-corrected chi connectivity index (χ2v) is 4.91. The summed E-state index contributed by atoms with van der Waals surface area (Å²) in [4.78, 5) is 0. The maximum Gasteiger partial charge on any atom is 0.119 e. The molecule has 1 rings (SSSR count). The van der Waals surface area contributed by atoms with E-state index in [0.29, 0.717) is 0 Å². The lowest BCUT2D eigenvalue weighted by molar-refractivity contribution is 0.242. The molecule has 89 valence electrons. The molecule has 1 aromatic carbocycles. The first-order valence-corrected chi connectivity index (χ1v) is 6.10. The summed E-state index contributed by atoms with van der Waals surface area (Å²) >= 11 is 0. The summed E-state index contributed by atoms with van der Waals surface area (Å²) in [5.41, 5.74) is 1.60. The lowest BCUT2D eigenvalue weighted by atomic mass is 9.82.